The van der Waals surface area contributed by atoms with Crippen LogP contribution in [0.5, 0.6) is 0 Å². The first-order chi connectivity index (χ1) is 13.3. The number of hydrogen-bond acceptors (Lipinski definition) is 5. The molecule has 1 aliphatic heterocycles. The highest BCUT2D eigenvalue weighted by Gasteiger charge is 2.29. The van der Waals surface area contributed by atoms with Gasteiger partial charge in [0.05, 0.1) is 19.7 Å². The molecule has 1 aromatic rings. The molecule has 0 saturated carbocycles. The van der Waals surface area contributed by atoms with Crippen LogP contribution in [0.4, 0.5) is 0 Å². The van der Waals surface area contributed by atoms with Crippen LogP contribution in [0.2, 0.25) is 0 Å². The van der Waals surface area contributed by atoms with Crippen molar-refractivity contribution in [3.8, 4) is 0 Å². The zero-order valence-electron chi connectivity index (χ0n) is 18.3. The van der Waals surface area contributed by atoms with Crippen LogP contribution in [0, 0.1) is 0 Å². The number of nitrogens with zero attached hydrogens (tertiary/aromatic N) is 5. The Kier molecular flexibility index (Phi) is 8.24. The average Bonchev–Trinajstić information content (AvgIpc) is 2.95. The van der Waals surface area contributed by atoms with Crippen LogP contribution in [0.1, 0.15) is 59.2 Å². The van der Waals surface area contributed by atoms with E-state index in [1.807, 2.05) is 11.8 Å². The summed E-state index contributed by atoms with van der Waals surface area (Å²) in [6.07, 6.45) is 1.83. The summed E-state index contributed by atoms with van der Waals surface area (Å²) in [6, 6.07) is 0.417. The van der Waals surface area contributed by atoms with E-state index >= 15 is 0 Å². The van der Waals surface area contributed by atoms with Crippen molar-refractivity contribution in [1.82, 2.24) is 24.1 Å². The van der Waals surface area contributed by atoms with Crippen LogP contribution in [-0.2, 0) is 22.6 Å². The highest BCUT2D eigenvalue weighted by atomic mass is 16.5. The molecule has 1 aliphatic rings. The third-order valence-electron chi connectivity index (χ3n) is 5.49. The Morgan fingerprint density at radius 2 is 1.82 bits per heavy atom. The first kappa shape index (κ1) is 22.6. The molecule has 1 amide bonds. The van der Waals surface area contributed by atoms with Gasteiger partial charge in [-0.15, -0.1) is 0 Å². The Bertz CT molecular complexity index is 679. The summed E-state index contributed by atoms with van der Waals surface area (Å²) in [5.74, 6) is 1.33. The molecule has 8 heteroatoms. The molecule has 0 aromatic carbocycles. The predicted octanol–water partition coefficient (Wildman–Crippen LogP) is 1.54. The number of carbonyl (C=O) groups excluding carboxylic acids is 1. The maximum atomic E-state index is 12.7. The molecule has 2 heterocycles. The molecule has 1 aromatic heterocycles. The van der Waals surface area contributed by atoms with Crippen LogP contribution in [-0.4, -0.2) is 75.5 Å². The van der Waals surface area contributed by atoms with Gasteiger partial charge < -0.3 is 9.64 Å². The second kappa shape index (κ2) is 10.2. The Hall–Kier alpha value is -1.67. The fraction of sp³-hybridized carbons (Fsp3) is 0.850. The second-order valence-corrected chi connectivity index (χ2v) is 8.14. The lowest BCUT2D eigenvalue weighted by molar-refractivity contribution is -0.136. The van der Waals surface area contributed by atoms with Crippen molar-refractivity contribution in [2.45, 2.75) is 78.6 Å². The summed E-state index contributed by atoms with van der Waals surface area (Å²) >= 11 is 0. The molecular formula is C20H37N5O3. The van der Waals surface area contributed by atoms with Crippen LogP contribution in [0.15, 0.2) is 4.79 Å². The van der Waals surface area contributed by atoms with Crippen LogP contribution in [0.25, 0.3) is 0 Å². The summed E-state index contributed by atoms with van der Waals surface area (Å²) in [5, 5.41) is 4.60. The largest absolute Gasteiger partial charge is 0.383 e. The van der Waals surface area contributed by atoms with Gasteiger partial charge in [-0.1, -0.05) is 0 Å². The molecule has 0 spiro atoms. The standard InChI is InChI=1S/C20H37N5O3/c1-7-23-19(21-24(20(23)27)12-13-28-6)17-8-10-22(11-9-17)14-18(26)25(15(2)3)16(4)5/h15-17H,7-14H2,1-6H3. The van der Waals surface area contributed by atoms with Crippen molar-refractivity contribution in [2.24, 2.45) is 0 Å². The van der Waals surface area contributed by atoms with Crippen molar-refractivity contribution in [3.05, 3.63) is 16.3 Å². The predicted molar refractivity (Wildman–Crippen MR) is 110 cm³/mol. The minimum absolute atomic E-state index is 0.0586. The monoisotopic (exact) mass is 395 g/mol. The average molecular weight is 396 g/mol. The van der Waals surface area contributed by atoms with Gasteiger partial charge in [-0.05, 0) is 60.5 Å². The number of rotatable bonds is 9. The van der Waals surface area contributed by atoms with Gasteiger partial charge in [0.2, 0.25) is 5.91 Å². The summed E-state index contributed by atoms with van der Waals surface area (Å²) in [6.45, 7) is 14.0. The van der Waals surface area contributed by atoms with Crippen LogP contribution in [0.3, 0.4) is 0 Å². The lowest BCUT2D eigenvalue weighted by atomic mass is 9.96. The van der Waals surface area contributed by atoms with Gasteiger partial charge in [-0.3, -0.25) is 14.3 Å². The quantitative estimate of drug-likeness (QED) is 0.634. The SMILES string of the molecule is CCn1c(C2CCN(CC(=O)N(C(C)C)C(C)C)CC2)nn(CCOC)c1=O. The molecule has 28 heavy (non-hydrogen) atoms. The van der Waals surface area contributed by atoms with Gasteiger partial charge >= 0.3 is 5.69 Å². The summed E-state index contributed by atoms with van der Waals surface area (Å²) < 4.78 is 8.37. The topological polar surface area (TPSA) is 72.6 Å². The minimum atomic E-state index is -0.0586. The molecule has 0 radical (unpaired) electrons. The number of amides is 1. The Morgan fingerprint density at radius 3 is 2.32 bits per heavy atom. The van der Waals surface area contributed by atoms with Gasteiger partial charge in [0, 0.05) is 31.7 Å². The van der Waals surface area contributed by atoms with Crippen molar-refractivity contribution in [1.29, 1.82) is 0 Å². The molecular weight excluding hydrogens is 358 g/mol. The number of hydrogen-bond donors (Lipinski definition) is 0. The number of piperidine rings is 1. The molecule has 2 rings (SSSR count). The summed E-state index contributed by atoms with van der Waals surface area (Å²) in [5.41, 5.74) is -0.0586. The normalized spacial score (nSPS) is 16.3. The zero-order chi connectivity index (χ0) is 20.8. The van der Waals surface area contributed by atoms with Crippen LogP contribution >= 0.6 is 0 Å². The molecule has 0 aliphatic carbocycles. The lowest BCUT2D eigenvalue weighted by Gasteiger charge is -2.35. The molecule has 8 nitrogen and oxygen atoms in total. The minimum Gasteiger partial charge on any atom is -0.383 e. The van der Waals surface area contributed by atoms with E-state index < -0.39 is 0 Å². The van der Waals surface area contributed by atoms with Gasteiger partial charge in [-0.25, -0.2) is 9.48 Å². The molecule has 0 unspecified atom stereocenters. The highest BCUT2D eigenvalue weighted by molar-refractivity contribution is 5.78. The van der Waals surface area contributed by atoms with E-state index in [4.69, 9.17) is 4.74 Å². The first-order valence-corrected chi connectivity index (χ1v) is 10.5. The lowest BCUT2D eigenvalue weighted by Crippen LogP contribution is -2.48. The molecule has 0 N–H and O–H groups in total. The smallest absolute Gasteiger partial charge is 0.345 e. The Morgan fingerprint density at radius 1 is 1.21 bits per heavy atom. The fourth-order valence-corrected chi connectivity index (χ4v) is 4.17. The first-order valence-electron chi connectivity index (χ1n) is 10.5. The third kappa shape index (κ3) is 5.23. The number of ether oxygens (including phenoxy) is 1. The summed E-state index contributed by atoms with van der Waals surface area (Å²) in [4.78, 5) is 29.4. The van der Waals surface area contributed by atoms with E-state index in [0.717, 1.165) is 31.8 Å². The van der Waals surface area contributed by atoms with E-state index in [1.165, 1.54) is 4.68 Å². The molecule has 1 fully saturated rings. The van der Waals surface area contributed by atoms with E-state index in [0.29, 0.717) is 26.2 Å². The van der Waals surface area contributed by atoms with E-state index in [-0.39, 0.29) is 29.6 Å². The van der Waals surface area contributed by atoms with Gasteiger partial charge in [0.25, 0.3) is 0 Å². The number of aromatic nitrogens is 3. The van der Waals surface area contributed by atoms with Crippen molar-refractivity contribution in [2.75, 3.05) is 33.4 Å². The number of carbonyl (C=O) groups is 1. The zero-order valence-corrected chi connectivity index (χ0v) is 18.3. The number of methoxy groups -OCH3 is 1. The second-order valence-electron chi connectivity index (χ2n) is 8.14. The van der Waals surface area contributed by atoms with Crippen molar-refractivity contribution < 1.29 is 9.53 Å². The fourth-order valence-electron chi connectivity index (χ4n) is 4.17. The van der Waals surface area contributed by atoms with E-state index in [1.54, 1.807) is 11.7 Å². The van der Waals surface area contributed by atoms with E-state index in [9.17, 15) is 9.59 Å². The molecule has 0 atom stereocenters. The maximum Gasteiger partial charge on any atom is 0.345 e. The van der Waals surface area contributed by atoms with Crippen LogP contribution < -0.4 is 5.69 Å². The van der Waals surface area contributed by atoms with Gasteiger partial charge in [0.15, 0.2) is 0 Å². The Balaban J connectivity index is 2.00. The van der Waals surface area contributed by atoms with Gasteiger partial charge in [0.1, 0.15) is 5.82 Å². The summed E-state index contributed by atoms with van der Waals surface area (Å²) in [7, 11) is 1.62. The highest BCUT2D eigenvalue weighted by Crippen LogP contribution is 2.26. The molecule has 0 bridgehead atoms. The van der Waals surface area contributed by atoms with Crippen molar-refractivity contribution in [3.63, 3.8) is 0 Å². The number of likely N-dealkylation sites (tertiary alicyclic amines) is 1. The Labute approximate surface area is 168 Å². The third-order valence-corrected chi connectivity index (χ3v) is 5.49. The maximum absolute atomic E-state index is 12.7. The van der Waals surface area contributed by atoms with E-state index in [2.05, 4.69) is 37.7 Å². The van der Waals surface area contributed by atoms with Gasteiger partial charge in [-0.2, -0.15) is 5.10 Å². The molecule has 1 saturated heterocycles. The molecule has 160 valence electrons. The van der Waals surface area contributed by atoms with Crippen molar-refractivity contribution >= 4 is 5.91 Å².